The average molecular weight is 320 g/mol. The first-order chi connectivity index (χ1) is 10.6. The smallest absolute Gasteiger partial charge is 0.248 e. The fourth-order valence-corrected chi connectivity index (χ4v) is 4.82. The number of amides is 2. The lowest BCUT2D eigenvalue weighted by molar-refractivity contribution is -0.136. The number of hydrogen-bond acceptors (Lipinski definition) is 5. The minimum Gasteiger partial charge on any atom is -0.326 e. The number of nitrogens with two attached hydrogens (primary N) is 1. The Morgan fingerprint density at radius 1 is 1.41 bits per heavy atom. The molecule has 2 aliphatic rings. The summed E-state index contributed by atoms with van der Waals surface area (Å²) in [5.41, 5.74) is 2.90. The number of benzene rings is 1. The lowest BCUT2D eigenvalue weighted by atomic mass is 9.87. The molecule has 2 atom stereocenters. The highest BCUT2D eigenvalue weighted by Crippen LogP contribution is 2.45. The van der Waals surface area contributed by atoms with Crippen molar-refractivity contribution in [3.8, 4) is 0 Å². The van der Waals surface area contributed by atoms with Crippen LogP contribution in [-0.4, -0.2) is 52.4 Å². The standard InChI is InChI=1S/C15H20N4O2S/c1-15(11-5-3-2-4-6-11)14-19(13(21)10-22-14)8-7-18(15)9-12(20)17-16/h2-6,14H,7-10,16H2,1H3,(H,17,20)/t14-,15-/m1/s1. The van der Waals surface area contributed by atoms with E-state index in [1.54, 1.807) is 11.8 Å². The summed E-state index contributed by atoms with van der Waals surface area (Å²) in [6, 6.07) is 10.1. The van der Waals surface area contributed by atoms with Crippen molar-refractivity contribution in [1.82, 2.24) is 15.2 Å². The molecule has 0 unspecified atom stereocenters. The molecule has 2 aliphatic heterocycles. The first-order valence-electron chi connectivity index (χ1n) is 7.28. The number of piperazine rings is 1. The number of rotatable bonds is 3. The van der Waals surface area contributed by atoms with Crippen LogP contribution in [0.25, 0.3) is 0 Å². The minimum absolute atomic E-state index is 0.0155. The van der Waals surface area contributed by atoms with Crippen LogP contribution in [0.4, 0.5) is 0 Å². The number of carbonyl (C=O) groups is 2. The van der Waals surface area contributed by atoms with Gasteiger partial charge in [0.25, 0.3) is 0 Å². The van der Waals surface area contributed by atoms with E-state index in [9.17, 15) is 9.59 Å². The van der Waals surface area contributed by atoms with Crippen molar-refractivity contribution < 1.29 is 9.59 Å². The Morgan fingerprint density at radius 3 is 2.82 bits per heavy atom. The van der Waals surface area contributed by atoms with Gasteiger partial charge in [-0.25, -0.2) is 5.84 Å². The second-order valence-electron chi connectivity index (χ2n) is 5.75. The third kappa shape index (κ3) is 2.39. The summed E-state index contributed by atoms with van der Waals surface area (Å²) in [6.45, 7) is 3.63. The van der Waals surface area contributed by atoms with Gasteiger partial charge in [0.1, 0.15) is 5.37 Å². The molecule has 0 radical (unpaired) electrons. The summed E-state index contributed by atoms with van der Waals surface area (Å²) >= 11 is 1.65. The van der Waals surface area contributed by atoms with E-state index in [0.717, 1.165) is 5.56 Å². The zero-order chi connectivity index (χ0) is 15.7. The molecule has 0 aromatic heterocycles. The second-order valence-corrected chi connectivity index (χ2v) is 6.82. The number of thioether (sulfide) groups is 1. The molecule has 2 saturated heterocycles. The fourth-order valence-electron chi connectivity index (χ4n) is 3.34. The van der Waals surface area contributed by atoms with Crippen molar-refractivity contribution in [3.05, 3.63) is 35.9 Å². The van der Waals surface area contributed by atoms with Crippen LogP contribution >= 0.6 is 11.8 Å². The van der Waals surface area contributed by atoms with Crippen molar-refractivity contribution in [1.29, 1.82) is 0 Å². The van der Waals surface area contributed by atoms with Crippen LogP contribution in [0, 0.1) is 0 Å². The summed E-state index contributed by atoms with van der Waals surface area (Å²) in [5.74, 6) is 5.72. The van der Waals surface area contributed by atoms with Gasteiger partial charge >= 0.3 is 0 Å². The normalized spacial score (nSPS) is 28.5. The van der Waals surface area contributed by atoms with Crippen molar-refractivity contribution in [3.63, 3.8) is 0 Å². The van der Waals surface area contributed by atoms with Crippen LogP contribution in [-0.2, 0) is 15.1 Å². The summed E-state index contributed by atoms with van der Waals surface area (Å²) < 4.78 is 0. The summed E-state index contributed by atoms with van der Waals surface area (Å²) in [7, 11) is 0. The van der Waals surface area contributed by atoms with Gasteiger partial charge in [-0.2, -0.15) is 0 Å². The zero-order valence-corrected chi connectivity index (χ0v) is 13.3. The van der Waals surface area contributed by atoms with E-state index in [1.807, 2.05) is 23.1 Å². The molecule has 118 valence electrons. The van der Waals surface area contributed by atoms with Crippen molar-refractivity contribution in [2.75, 3.05) is 25.4 Å². The van der Waals surface area contributed by atoms with E-state index >= 15 is 0 Å². The molecule has 0 aliphatic carbocycles. The largest absolute Gasteiger partial charge is 0.326 e. The number of nitrogens with zero attached hydrogens (tertiary/aromatic N) is 2. The summed E-state index contributed by atoms with van der Waals surface area (Å²) in [5, 5.41) is 0.0155. The average Bonchev–Trinajstić information content (AvgIpc) is 2.93. The van der Waals surface area contributed by atoms with Gasteiger partial charge in [-0.05, 0) is 12.5 Å². The molecule has 7 heteroatoms. The molecule has 6 nitrogen and oxygen atoms in total. The lowest BCUT2D eigenvalue weighted by Gasteiger charge is -2.52. The second kappa shape index (κ2) is 5.91. The van der Waals surface area contributed by atoms with Gasteiger partial charge in [-0.1, -0.05) is 30.3 Å². The van der Waals surface area contributed by atoms with Crippen LogP contribution < -0.4 is 11.3 Å². The Morgan fingerprint density at radius 2 is 2.14 bits per heavy atom. The van der Waals surface area contributed by atoms with Crippen LogP contribution in [0.15, 0.2) is 30.3 Å². The Labute approximate surface area is 134 Å². The van der Waals surface area contributed by atoms with Crippen molar-refractivity contribution >= 4 is 23.6 Å². The number of hydrazine groups is 1. The Hall–Kier alpha value is -1.57. The maximum atomic E-state index is 12.1. The SMILES string of the molecule is C[C@@]1(c2ccccc2)[C@H]2SCC(=O)N2CCN1CC(=O)NN. The van der Waals surface area contributed by atoms with E-state index in [1.165, 1.54) is 0 Å². The summed E-state index contributed by atoms with van der Waals surface area (Å²) in [4.78, 5) is 28.0. The highest BCUT2D eigenvalue weighted by Gasteiger charge is 2.52. The Bertz CT molecular complexity index is 582. The fraction of sp³-hybridized carbons (Fsp3) is 0.467. The lowest BCUT2D eigenvalue weighted by Crippen LogP contribution is -2.64. The molecular weight excluding hydrogens is 300 g/mol. The maximum absolute atomic E-state index is 12.1. The highest BCUT2D eigenvalue weighted by atomic mass is 32.2. The monoisotopic (exact) mass is 320 g/mol. The maximum Gasteiger partial charge on any atom is 0.248 e. The highest BCUT2D eigenvalue weighted by molar-refractivity contribution is 8.01. The van der Waals surface area contributed by atoms with Crippen LogP contribution in [0.1, 0.15) is 12.5 Å². The molecule has 1 aromatic carbocycles. The molecule has 2 heterocycles. The molecule has 2 amide bonds. The van der Waals surface area contributed by atoms with Crippen LogP contribution in [0.2, 0.25) is 0 Å². The first kappa shape index (κ1) is 15.3. The number of nitrogens with one attached hydrogen (secondary N) is 1. The molecule has 2 fully saturated rings. The number of hydrogen-bond donors (Lipinski definition) is 2. The molecular formula is C15H20N4O2S. The van der Waals surface area contributed by atoms with Gasteiger partial charge in [-0.15, -0.1) is 11.8 Å². The molecule has 1 aromatic rings. The van der Waals surface area contributed by atoms with Gasteiger partial charge in [0.2, 0.25) is 11.8 Å². The molecule has 3 rings (SSSR count). The van der Waals surface area contributed by atoms with E-state index < -0.39 is 5.54 Å². The molecule has 22 heavy (non-hydrogen) atoms. The molecule has 0 bridgehead atoms. The van der Waals surface area contributed by atoms with Gasteiger partial charge in [0, 0.05) is 13.1 Å². The van der Waals surface area contributed by atoms with Gasteiger partial charge in [-0.3, -0.25) is 19.9 Å². The quantitative estimate of drug-likeness (QED) is 0.469. The topological polar surface area (TPSA) is 78.7 Å². The molecule has 0 saturated carbocycles. The first-order valence-corrected chi connectivity index (χ1v) is 8.33. The Balaban J connectivity index is 2.00. The van der Waals surface area contributed by atoms with E-state index in [-0.39, 0.29) is 23.7 Å². The zero-order valence-electron chi connectivity index (χ0n) is 12.5. The predicted octanol–water partition coefficient (Wildman–Crippen LogP) is 0.109. The van der Waals surface area contributed by atoms with E-state index in [2.05, 4.69) is 29.4 Å². The third-order valence-electron chi connectivity index (χ3n) is 4.57. The van der Waals surface area contributed by atoms with Crippen LogP contribution in [0.3, 0.4) is 0 Å². The number of fused-ring (bicyclic) bond motifs is 1. The van der Waals surface area contributed by atoms with Crippen molar-refractivity contribution in [2.45, 2.75) is 17.8 Å². The Kier molecular flexibility index (Phi) is 4.12. The van der Waals surface area contributed by atoms with Gasteiger partial charge in [0.05, 0.1) is 17.8 Å². The number of carbonyl (C=O) groups excluding carboxylic acids is 2. The van der Waals surface area contributed by atoms with E-state index in [4.69, 9.17) is 5.84 Å². The molecule has 0 spiro atoms. The van der Waals surface area contributed by atoms with Gasteiger partial charge < -0.3 is 4.90 Å². The third-order valence-corrected chi connectivity index (χ3v) is 6.01. The summed E-state index contributed by atoms with van der Waals surface area (Å²) in [6.07, 6.45) is 0. The predicted molar refractivity (Wildman–Crippen MR) is 85.7 cm³/mol. The van der Waals surface area contributed by atoms with E-state index in [0.29, 0.717) is 18.8 Å². The van der Waals surface area contributed by atoms with Gasteiger partial charge in [0.15, 0.2) is 0 Å². The van der Waals surface area contributed by atoms with Crippen molar-refractivity contribution in [2.24, 2.45) is 5.84 Å². The minimum atomic E-state index is -0.414. The van der Waals surface area contributed by atoms with Crippen LogP contribution in [0.5, 0.6) is 0 Å². The molecule has 3 N–H and O–H groups in total.